The first-order valence-electron chi connectivity index (χ1n) is 15.5. The smallest absolute Gasteiger partial charge is 0.256 e. The van der Waals surface area contributed by atoms with Crippen LogP contribution in [0.25, 0.3) is 22.3 Å². The fourth-order valence-electron chi connectivity index (χ4n) is 5.10. The zero-order valence-electron chi connectivity index (χ0n) is 26.7. The molecule has 0 radical (unpaired) electrons. The summed E-state index contributed by atoms with van der Waals surface area (Å²) < 4.78 is 10.8. The minimum atomic E-state index is -0.708. The fraction of sp³-hybridized carbons (Fsp3) is 0.222. The number of nitrogens with one attached hydrogen (secondary N) is 2. The van der Waals surface area contributed by atoms with Crippen LogP contribution in [0.3, 0.4) is 0 Å². The van der Waals surface area contributed by atoms with Crippen LogP contribution in [0, 0.1) is 45.6 Å². The first-order valence-corrected chi connectivity index (χ1v) is 15.5. The molecular formula is C36H30N10O4. The molecule has 0 bridgehead atoms. The summed E-state index contributed by atoms with van der Waals surface area (Å²) in [6.07, 6.45) is 5.82. The fourth-order valence-corrected chi connectivity index (χ4v) is 5.10. The van der Waals surface area contributed by atoms with Crippen LogP contribution >= 0.6 is 0 Å². The Bertz CT molecular complexity index is 1880. The molecule has 2 atom stereocenters. The Morgan fingerprint density at radius 2 is 1.06 bits per heavy atom. The van der Waals surface area contributed by atoms with Crippen molar-refractivity contribution < 1.29 is 19.1 Å². The maximum atomic E-state index is 12.3. The monoisotopic (exact) mass is 666 g/mol. The third-order valence-corrected chi connectivity index (χ3v) is 7.67. The number of carbonyl (C=O) groups is 2. The summed E-state index contributed by atoms with van der Waals surface area (Å²) in [5, 5.41) is 41.3. The lowest BCUT2D eigenvalue weighted by Gasteiger charge is -2.28. The van der Waals surface area contributed by atoms with Crippen molar-refractivity contribution in [3.63, 3.8) is 0 Å². The number of nitrogens with zero attached hydrogens (tertiary/aromatic N) is 8. The summed E-state index contributed by atoms with van der Waals surface area (Å²) in [7, 11) is 0. The highest BCUT2D eigenvalue weighted by Crippen LogP contribution is 2.24. The van der Waals surface area contributed by atoms with Gasteiger partial charge in [0, 0.05) is 12.4 Å². The number of benzene rings is 2. The Kier molecular flexibility index (Phi) is 11.6. The molecule has 248 valence electrons. The highest BCUT2D eigenvalue weighted by molar-refractivity contribution is 5.94. The van der Waals surface area contributed by atoms with Gasteiger partial charge in [0.1, 0.15) is 11.6 Å². The predicted octanol–water partition coefficient (Wildman–Crippen LogP) is 3.48. The third kappa shape index (κ3) is 9.15. The lowest BCUT2D eigenvalue weighted by atomic mass is 10.0. The molecule has 0 unspecified atom stereocenters. The van der Waals surface area contributed by atoms with Gasteiger partial charge in [0.2, 0.25) is 0 Å². The minimum absolute atomic E-state index is 0.228. The molecule has 2 N–H and O–H groups in total. The number of anilines is 2. The number of hydrogen-bond donors (Lipinski definition) is 2. The van der Waals surface area contributed by atoms with Gasteiger partial charge >= 0.3 is 0 Å². The number of amides is 2. The lowest BCUT2D eigenvalue weighted by Crippen LogP contribution is -2.46. The molecule has 4 heterocycles. The molecule has 2 aliphatic rings. The molecule has 6 rings (SSSR count). The number of nitriles is 4. The number of aromatic nitrogens is 2. The number of ether oxygens (including phenoxy) is 2. The highest BCUT2D eigenvalue weighted by atomic mass is 16.5. The first kappa shape index (κ1) is 34.5. The Hall–Kier alpha value is -6.84. The second-order valence-electron chi connectivity index (χ2n) is 11.0. The van der Waals surface area contributed by atoms with Gasteiger partial charge in [0.15, 0.2) is 24.6 Å². The zero-order valence-corrected chi connectivity index (χ0v) is 26.7. The van der Waals surface area contributed by atoms with Crippen LogP contribution in [0.15, 0.2) is 85.2 Å². The van der Waals surface area contributed by atoms with E-state index in [2.05, 4.69) is 32.7 Å². The van der Waals surface area contributed by atoms with Gasteiger partial charge in [0.05, 0.1) is 62.7 Å². The van der Waals surface area contributed by atoms with Crippen LogP contribution in [-0.4, -0.2) is 83.2 Å². The predicted molar refractivity (Wildman–Crippen MR) is 180 cm³/mol. The van der Waals surface area contributed by atoms with Gasteiger partial charge in [-0.3, -0.25) is 9.59 Å². The van der Waals surface area contributed by atoms with E-state index < -0.39 is 12.2 Å². The summed E-state index contributed by atoms with van der Waals surface area (Å²) >= 11 is 0. The molecular weight excluding hydrogens is 636 g/mol. The van der Waals surface area contributed by atoms with Crippen molar-refractivity contribution in [2.75, 3.05) is 50.0 Å². The van der Waals surface area contributed by atoms with Crippen molar-refractivity contribution in [3.05, 3.63) is 96.3 Å². The average molecular weight is 667 g/mol. The van der Waals surface area contributed by atoms with Crippen molar-refractivity contribution in [2.24, 2.45) is 0 Å². The van der Waals surface area contributed by atoms with Crippen molar-refractivity contribution in [2.45, 2.75) is 12.2 Å². The lowest BCUT2D eigenvalue weighted by molar-refractivity contribution is -0.132. The minimum Gasteiger partial charge on any atom is -0.365 e. The summed E-state index contributed by atoms with van der Waals surface area (Å²) in [6, 6.07) is 25.7. The van der Waals surface area contributed by atoms with Gasteiger partial charge < -0.3 is 29.9 Å². The molecule has 50 heavy (non-hydrogen) atoms. The van der Waals surface area contributed by atoms with E-state index in [9.17, 15) is 9.59 Å². The second-order valence-corrected chi connectivity index (χ2v) is 11.0. The van der Waals surface area contributed by atoms with E-state index >= 15 is 0 Å². The summed E-state index contributed by atoms with van der Waals surface area (Å²) in [4.78, 5) is 35.9. The van der Waals surface area contributed by atoms with E-state index in [1.807, 2.05) is 24.5 Å². The maximum Gasteiger partial charge on any atom is 0.256 e. The molecule has 0 spiro atoms. The Morgan fingerprint density at radius 1 is 0.640 bits per heavy atom. The standard InChI is InChI=1S/2C18H15N5O2/c2*19-10-13-2-1-3-14(8-13)15-4-5-21-17(9-15)22-18(24)16-11-23(12-20)6-7-25-16/h2*1-5,8-9,16H,6-7,11H2,(H,21,22,24)/t2*16-/m10/s1. The number of rotatable bonds is 6. The molecule has 2 aromatic heterocycles. The molecule has 2 aromatic carbocycles. The number of pyridine rings is 2. The number of morpholine rings is 2. The van der Waals surface area contributed by atoms with Crippen LogP contribution in [-0.2, 0) is 19.1 Å². The molecule has 4 aromatic rings. The summed E-state index contributed by atoms with van der Waals surface area (Å²) in [5.41, 5.74) is 4.53. The van der Waals surface area contributed by atoms with E-state index in [0.29, 0.717) is 49.1 Å². The molecule has 0 aliphatic carbocycles. The van der Waals surface area contributed by atoms with Crippen LogP contribution in [0.2, 0.25) is 0 Å². The third-order valence-electron chi connectivity index (χ3n) is 7.67. The Balaban J connectivity index is 0.000000194. The van der Waals surface area contributed by atoms with E-state index in [1.54, 1.807) is 73.1 Å². The van der Waals surface area contributed by atoms with Crippen molar-refractivity contribution in [1.29, 1.82) is 21.0 Å². The van der Waals surface area contributed by atoms with E-state index in [4.69, 9.17) is 30.5 Å². The van der Waals surface area contributed by atoms with Crippen LogP contribution in [0.1, 0.15) is 11.1 Å². The van der Waals surface area contributed by atoms with Crippen LogP contribution < -0.4 is 10.6 Å². The maximum absolute atomic E-state index is 12.3. The van der Waals surface area contributed by atoms with Gasteiger partial charge in [-0.2, -0.15) is 21.0 Å². The van der Waals surface area contributed by atoms with Crippen molar-refractivity contribution in [1.82, 2.24) is 19.8 Å². The quantitative estimate of drug-likeness (QED) is 0.284. The number of hydrogen-bond acceptors (Lipinski definition) is 12. The van der Waals surface area contributed by atoms with Crippen LogP contribution in [0.4, 0.5) is 11.6 Å². The number of carbonyl (C=O) groups excluding carboxylic acids is 2. The first-order chi connectivity index (χ1) is 24.4. The zero-order chi connectivity index (χ0) is 35.3. The molecule has 2 aliphatic heterocycles. The Morgan fingerprint density at radius 3 is 1.46 bits per heavy atom. The van der Waals surface area contributed by atoms with Gasteiger partial charge in [-0.15, -0.1) is 0 Å². The van der Waals surface area contributed by atoms with Gasteiger partial charge in [-0.25, -0.2) is 9.97 Å². The van der Waals surface area contributed by atoms with Crippen LogP contribution in [0.5, 0.6) is 0 Å². The summed E-state index contributed by atoms with van der Waals surface area (Å²) in [5.74, 6) is 0.107. The van der Waals surface area contributed by atoms with E-state index in [0.717, 1.165) is 22.3 Å². The largest absolute Gasteiger partial charge is 0.365 e. The molecule has 2 saturated heterocycles. The normalized spacial score (nSPS) is 16.6. The highest BCUT2D eigenvalue weighted by Gasteiger charge is 2.27. The molecule has 2 amide bonds. The Labute approximate surface area is 288 Å². The topological polar surface area (TPSA) is 204 Å². The molecule has 0 saturated carbocycles. The molecule has 2 fully saturated rings. The SMILES string of the molecule is N#Cc1cccc(-c2ccnc(NC(=O)[C@@H]3CN(C#N)CCO3)c2)c1.N#Cc1cccc(-c2ccnc(NC(=O)[C@H]3CN(C#N)CCO3)c2)c1. The summed E-state index contributed by atoms with van der Waals surface area (Å²) in [6.45, 7) is 2.10. The van der Waals surface area contributed by atoms with E-state index in [1.165, 1.54) is 9.80 Å². The van der Waals surface area contributed by atoms with E-state index in [-0.39, 0.29) is 24.9 Å². The van der Waals surface area contributed by atoms with Crippen molar-refractivity contribution in [3.8, 4) is 46.8 Å². The molecule has 14 heteroatoms. The average Bonchev–Trinajstić information content (AvgIpc) is 3.18. The molecule has 14 nitrogen and oxygen atoms in total. The van der Waals surface area contributed by atoms with Gasteiger partial charge in [0.25, 0.3) is 11.8 Å². The van der Waals surface area contributed by atoms with Gasteiger partial charge in [-0.05, 0) is 70.8 Å². The van der Waals surface area contributed by atoms with Gasteiger partial charge in [-0.1, -0.05) is 24.3 Å². The van der Waals surface area contributed by atoms with Crippen molar-refractivity contribution >= 4 is 23.5 Å². The second kappa shape index (κ2) is 16.8.